The van der Waals surface area contributed by atoms with Gasteiger partial charge in [0.25, 0.3) is 0 Å². The normalized spacial score (nSPS) is 59.2. The zero-order valence-electron chi connectivity index (χ0n) is 6.65. The van der Waals surface area contributed by atoms with Crippen LogP contribution in [0.3, 0.4) is 0 Å². The van der Waals surface area contributed by atoms with Crippen LogP contribution in [-0.2, 0) is 0 Å². The van der Waals surface area contributed by atoms with Crippen LogP contribution in [0.2, 0.25) is 0 Å². The first kappa shape index (κ1) is 6.77. The molecule has 11 heavy (non-hydrogen) atoms. The molecule has 0 N–H and O–H groups in total. The first-order valence-electron chi connectivity index (χ1n) is 4.70. The van der Waals surface area contributed by atoms with E-state index in [4.69, 9.17) is 11.6 Å². The van der Waals surface area contributed by atoms with Crippen LogP contribution < -0.4 is 0 Å². The van der Waals surface area contributed by atoms with Crippen molar-refractivity contribution in [3.05, 3.63) is 5.88 Å². The third-order valence-corrected chi connectivity index (χ3v) is 4.55. The van der Waals surface area contributed by atoms with Crippen molar-refractivity contribution in [3.8, 4) is 0 Å². The minimum Gasteiger partial charge on any atom is -0.115 e. The molecule has 0 aromatic carbocycles. The van der Waals surface area contributed by atoms with Gasteiger partial charge < -0.3 is 0 Å². The number of hydrogen-bond donors (Lipinski definition) is 0. The summed E-state index contributed by atoms with van der Waals surface area (Å²) in [5.41, 5.74) is 0.384. The van der Waals surface area contributed by atoms with Crippen molar-refractivity contribution in [1.82, 2.24) is 0 Å². The summed E-state index contributed by atoms with van der Waals surface area (Å²) < 4.78 is 0. The fourth-order valence-electron chi connectivity index (χ4n) is 3.95. The van der Waals surface area contributed by atoms with Crippen LogP contribution in [0, 0.1) is 29.0 Å². The summed E-state index contributed by atoms with van der Waals surface area (Å²) in [4.78, 5) is 0. The number of hydrogen-bond acceptors (Lipinski definition) is 0. The van der Waals surface area contributed by atoms with Gasteiger partial charge in [-0.2, -0.15) is 0 Å². The molecule has 0 saturated heterocycles. The van der Waals surface area contributed by atoms with Crippen molar-refractivity contribution in [2.75, 3.05) is 0 Å². The highest BCUT2D eigenvalue weighted by atomic mass is 35.5. The van der Waals surface area contributed by atoms with Gasteiger partial charge in [-0.05, 0) is 55.3 Å². The van der Waals surface area contributed by atoms with Gasteiger partial charge in [0.15, 0.2) is 0 Å². The lowest BCUT2D eigenvalue weighted by Gasteiger charge is -2.29. The first-order chi connectivity index (χ1) is 5.32. The third-order valence-electron chi connectivity index (χ3n) is 4.18. The molecule has 0 amide bonds. The topological polar surface area (TPSA) is 0 Å². The van der Waals surface area contributed by atoms with E-state index in [1.165, 1.54) is 32.1 Å². The van der Waals surface area contributed by atoms with Crippen molar-refractivity contribution in [2.24, 2.45) is 23.2 Å². The van der Waals surface area contributed by atoms with Crippen molar-refractivity contribution < 1.29 is 0 Å². The Kier molecular flexibility index (Phi) is 1.21. The molecule has 4 aliphatic carbocycles. The van der Waals surface area contributed by atoms with Crippen molar-refractivity contribution in [2.45, 2.75) is 32.1 Å². The van der Waals surface area contributed by atoms with E-state index in [9.17, 15) is 0 Å². The summed E-state index contributed by atoms with van der Waals surface area (Å²) in [5, 5.41) is 0. The number of rotatable bonds is 1. The summed E-state index contributed by atoms with van der Waals surface area (Å²) in [6.07, 6.45) is 7.12. The highest BCUT2D eigenvalue weighted by Crippen LogP contribution is 2.66. The van der Waals surface area contributed by atoms with Crippen LogP contribution in [0.25, 0.3) is 0 Å². The molecule has 2 atom stereocenters. The van der Waals surface area contributed by atoms with Crippen LogP contribution in [0.15, 0.2) is 0 Å². The highest BCUT2D eigenvalue weighted by Gasteiger charge is 2.57. The predicted molar refractivity (Wildman–Crippen MR) is 45.1 cm³/mol. The molecule has 4 saturated carbocycles. The fourth-order valence-corrected chi connectivity index (χ4v) is 4.26. The second-order valence-corrected chi connectivity index (χ2v) is 4.98. The van der Waals surface area contributed by atoms with Crippen LogP contribution >= 0.6 is 11.6 Å². The Hall–Kier alpha value is 0.290. The summed E-state index contributed by atoms with van der Waals surface area (Å²) >= 11 is 5.84. The molecule has 2 radical (unpaired) electrons. The maximum Gasteiger partial charge on any atom is 0.0934 e. The Morgan fingerprint density at radius 2 is 1.73 bits per heavy atom. The summed E-state index contributed by atoms with van der Waals surface area (Å²) in [6.45, 7) is 0. The second kappa shape index (κ2) is 1.96. The molecule has 4 aliphatic rings. The molecule has 1 heteroatoms. The van der Waals surface area contributed by atoms with Crippen LogP contribution in [0.5, 0.6) is 0 Å². The Morgan fingerprint density at radius 3 is 2.18 bits per heavy atom. The van der Waals surface area contributed by atoms with Gasteiger partial charge in [0.05, 0.1) is 5.88 Å². The minimum atomic E-state index is 0.384. The third kappa shape index (κ3) is 0.722. The van der Waals surface area contributed by atoms with E-state index in [1.807, 2.05) is 0 Å². The van der Waals surface area contributed by atoms with Gasteiger partial charge in [-0.25, -0.2) is 0 Å². The van der Waals surface area contributed by atoms with E-state index in [2.05, 4.69) is 5.88 Å². The largest absolute Gasteiger partial charge is 0.115 e. The molecular formula is C10H13Cl. The van der Waals surface area contributed by atoms with Crippen LogP contribution in [0.4, 0.5) is 0 Å². The summed E-state index contributed by atoms with van der Waals surface area (Å²) in [7, 11) is 0. The Morgan fingerprint density at radius 1 is 1.09 bits per heavy atom. The smallest absolute Gasteiger partial charge is 0.0934 e. The molecule has 4 rings (SSSR count). The van der Waals surface area contributed by atoms with Gasteiger partial charge in [0.1, 0.15) is 0 Å². The zero-order chi connectivity index (χ0) is 7.47. The molecule has 0 aromatic rings. The molecule has 0 aromatic heterocycles. The van der Waals surface area contributed by atoms with E-state index >= 15 is 0 Å². The molecule has 0 aliphatic heterocycles. The Labute approximate surface area is 73.3 Å². The molecule has 60 valence electrons. The van der Waals surface area contributed by atoms with E-state index in [0.717, 1.165) is 17.8 Å². The molecule has 2 unspecified atom stereocenters. The molecular weight excluding hydrogens is 156 g/mol. The summed E-state index contributed by atoms with van der Waals surface area (Å²) in [5.74, 6) is 6.02. The lowest BCUT2D eigenvalue weighted by atomic mass is 9.77. The van der Waals surface area contributed by atoms with Crippen LogP contribution in [0.1, 0.15) is 32.1 Å². The van der Waals surface area contributed by atoms with Crippen molar-refractivity contribution >= 4 is 11.6 Å². The SMILES string of the molecule is Cl[C]C12CC3CC(CC1C3)C2. The van der Waals surface area contributed by atoms with Crippen molar-refractivity contribution in [3.63, 3.8) is 0 Å². The monoisotopic (exact) mass is 168 g/mol. The lowest BCUT2D eigenvalue weighted by Crippen LogP contribution is -2.21. The predicted octanol–water partition coefficient (Wildman–Crippen LogP) is 3.09. The van der Waals surface area contributed by atoms with Gasteiger partial charge in [0, 0.05) is 0 Å². The molecule has 0 heterocycles. The second-order valence-electron chi connectivity index (χ2n) is 4.79. The minimum absolute atomic E-state index is 0.384. The Bertz CT molecular complexity index is 173. The van der Waals surface area contributed by atoms with Gasteiger partial charge in [-0.15, -0.1) is 11.6 Å². The van der Waals surface area contributed by atoms with E-state index in [0.29, 0.717) is 5.41 Å². The van der Waals surface area contributed by atoms with Gasteiger partial charge in [-0.1, -0.05) is 0 Å². The highest BCUT2D eigenvalue weighted by molar-refractivity contribution is 6.23. The zero-order valence-corrected chi connectivity index (χ0v) is 7.40. The quantitative estimate of drug-likeness (QED) is 0.565. The van der Waals surface area contributed by atoms with Crippen LogP contribution in [-0.4, -0.2) is 0 Å². The summed E-state index contributed by atoms with van der Waals surface area (Å²) in [6, 6.07) is 0. The molecule has 0 spiro atoms. The van der Waals surface area contributed by atoms with Gasteiger partial charge >= 0.3 is 0 Å². The van der Waals surface area contributed by atoms with E-state index in [1.54, 1.807) is 0 Å². The maximum absolute atomic E-state index is 5.84. The first-order valence-corrected chi connectivity index (χ1v) is 5.08. The van der Waals surface area contributed by atoms with Crippen molar-refractivity contribution in [1.29, 1.82) is 0 Å². The maximum atomic E-state index is 5.84. The molecule has 0 nitrogen and oxygen atoms in total. The molecule has 4 fully saturated rings. The standard InChI is InChI=1S/C10H13Cl/c11-6-10-4-7-1-8(5-10)3-9(10)2-7/h7-9H,1-5H2. The Balaban J connectivity index is 1.98. The fraction of sp³-hybridized carbons (Fsp3) is 0.900. The molecule has 4 bridgehead atoms. The lowest BCUT2D eigenvalue weighted by molar-refractivity contribution is 0.246. The van der Waals surface area contributed by atoms with Gasteiger partial charge in [-0.3, -0.25) is 0 Å². The van der Waals surface area contributed by atoms with E-state index < -0.39 is 0 Å². The average Bonchev–Trinajstić information content (AvgIpc) is 2.37. The average molecular weight is 169 g/mol. The number of halogens is 1. The van der Waals surface area contributed by atoms with Gasteiger partial charge in [0.2, 0.25) is 0 Å². The van der Waals surface area contributed by atoms with E-state index in [-0.39, 0.29) is 0 Å².